The van der Waals surface area contributed by atoms with Crippen molar-refractivity contribution in [3.8, 4) is 0 Å². The molecule has 20 heavy (non-hydrogen) atoms. The maximum Gasteiger partial charge on any atom is 0.307 e. The summed E-state index contributed by atoms with van der Waals surface area (Å²) >= 11 is 0. The zero-order valence-corrected chi connectivity index (χ0v) is 13.0. The van der Waals surface area contributed by atoms with Gasteiger partial charge in [-0.3, -0.25) is 9.69 Å². The molecule has 0 radical (unpaired) electrons. The fourth-order valence-corrected chi connectivity index (χ4v) is 3.61. The van der Waals surface area contributed by atoms with Gasteiger partial charge in [0, 0.05) is 25.2 Å². The topological polar surface area (TPSA) is 52.6 Å². The predicted molar refractivity (Wildman–Crippen MR) is 80.8 cm³/mol. The van der Waals surface area contributed by atoms with Crippen LogP contribution in [-0.2, 0) is 4.79 Å². The second kappa shape index (κ2) is 7.41. The average Bonchev–Trinajstić information content (AvgIpc) is 2.45. The zero-order chi connectivity index (χ0) is 14.5. The highest BCUT2D eigenvalue weighted by Crippen LogP contribution is 2.27. The SMILES string of the molecule is CC(C)CNC1CC(C(=O)O)CN(C2CCCCC2)C1. The maximum absolute atomic E-state index is 11.4. The molecule has 4 nitrogen and oxygen atoms in total. The van der Waals surface area contributed by atoms with Gasteiger partial charge in [0.25, 0.3) is 0 Å². The number of piperidine rings is 1. The highest BCUT2D eigenvalue weighted by Gasteiger charge is 2.34. The smallest absolute Gasteiger partial charge is 0.307 e. The van der Waals surface area contributed by atoms with Gasteiger partial charge < -0.3 is 10.4 Å². The molecule has 0 aromatic rings. The van der Waals surface area contributed by atoms with Crippen molar-refractivity contribution in [1.82, 2.24) is 10.2 Å². The number of hydrogen-bond acceptors (Lipinski definition) is 3. The molecular formula is C16H30N2O2. The molecular weight excluding hydrogens is 252 g/mol. The van der Waals surface area contributed by atoms with Crippen LogP contribution < -0.4 is 5.32 Å². The van der Waals surface area contributed by atoms with Crippen molar-refractivity contribution in [2.75, 3.05) is 19.6 Å². The Labute approximate surface area is 122 Å². The number of carboxylic acid groups (broad SMARTS) is 1. The van der Waals surface area contributed by atoms with E-state index in [-0.39, 0.29) is 5.92 Å². The number of hydrogen-bond donors (Lipinski definition) is 2. The average molecular weight is 282 g/mol. The van der Waals surface area contributed by atoms with Gasteiger partial charge in [0.15, 0.2) is 0 Å². The van der Waals surface area contributed by atoms with Crippen LogP contribution in [0.1, 0.15) is 52.4 Å². The number of carboxylic acids is 1. The van der Waals surface area contributed by atoms with E-state index in [4.69, 9.17) is 0 Å². The van der Waals surface area contributed by atoms with Crippen molar-refractivity contribution >= 4 is 5.97 Å². The van der Waals surface area contributed by atoms with Crippen molar-refractivity contribution in [2.45, 2.75) is 64.5 Å². The van der Waals surface area contributed by atoms with Crippen LogP contribution in [0.5, 0.6) is 0 Å². The minimum Gasteiger partial charge on any atom is -0.481 e. The number of carbonyl (C=O) groups is 1. The minimum absolute atomic E-state index is 0.199. The molecule has 2 unspecified atom stereocenters. The van der Waals surface area contributed by atoms with Gasteiger partial charge in [0.05, 0.1) is 5.92 Å². The Kier molecular flexibility index (Phi) is 5.85. The quantitative estimate of drug-likeness (QED) is 0.812. The van der Waals surface area contributed by atoms with E-state index in [1.807, 2.05) is 0 Å². The monoisotopic (exact) mass is 282 g/mol. The highest BCUT2D eigenvalue weighted by atomic mass is 16.4. The lowest BCUT2D eigenvalue weighted by atomic mass is 9.88. The molecule has 0 spiro atoms. The Morgan fingerprint density at radius 1 is 1.25 bits per heavy atom. The largest absolute Gasteiger partial charge is 0.481 e. The van der Waals surface area contributed by atoms with Crippen molar-refractivity contribution in [2.24, 2.45) is 11.8 Å². The molecule has 0 amide bonds. The molecule has 2 atom stereocenters. The number of nitrogens with one attached hydrogen (secondary N) is 1. The van der Waals surface area contributed by atoms with Crippen molar-refractivity contribution in [3.05, 3.63) is 0 Å². The number of aliphatic carboxylic acids is 1. The third-order valence-corrected chi connectivity index (χ3v) is 4.73. The van der Waals surface area contributed by atoms with Crippen molar-refractivity contribution in [1.29, 1.82) is 0 Å². The lowest BCUT2D eigenvalue weighted by Crippen LogP contribution is -2.54. The number of likely N-dealkylation sites (tertiary alicyclic amines) is 1. The van der Waals surface area contributed by atoms with E-state index in [1.54, 1.807) is 0 Å². The fraction of sp³-hybridized carbons (Fsp3) is 0.938. The molecule has 2 rings (SSSR count). The Bertz CT molecular complexity index is 314. The molecule has 2 N–H and O–H groups in total. The number of rotatable bonds is 5. The van der Waals surface area contributed by atoms with E-state index < -0.39 is 5.97 Å². The van der Waals surface area contributed by atoms with E-state index in [0.29, 0.717) is 18.0 Å². The summed E-state index contributed by atoms with van der Waals surface area (Å²) in [6.07, 6.45) is 7.26. The van der Waals surface area contributed by atoms with Gasteiger partial charge in [0.2, 0.25) is 0 Å². The first kappa shape index (κ1) is 15.8. The molecule has 1 aliphatic heterocycles. The lowest BCUT2D eigenvalue weighted by Gasteiger charge is -2.42. The molecule has 1 heterocycles. The molecule has 2 fully saturated rings. The van der Waals surface area contributed by atoms with Crippen molar-refractivity contribution < 1.29 is 9.90 Å². The number of nitrogens with zero attached hydrogens (tertiary/aromatic N) is 1. The van der Waals surface area contributed by atoms with E-state index >= 15 is 0 Å². The predicted octanol–water partition coefficient (Wildman–Crippen LogP) is 2.34. The highest BCUT2D eigenvalue weighted by molar-refractivity contribution is 5.70. The van der Waals surface area contributed by atoms with E-state index in [9.17, 15) is 9.90 Å². The third-order valence-electron chi connectivity index (χ3n) is 4.73. The third kappa shape index (κ3) is 4.45. The summed E-state index contributed by atoms with van der Waals surface area (Å²) in [5.74, 6) is -0.208. The van der Waals surface area contributed by atoms with Gasteiger partial charge in [-0.25, -0.2) is 0 Å². The molecule has 116 valence electrons. The van der Waals surface area contributed by atoms with E-state index in [2.05, 4.69) is 24.1 Å². The van der Waals surface area contributed by atoms with E-state index in [1.165, 1.54) is 32.1 Å². The summed E-state index contributed by atoms with van der Waals surface area (Å²) in [7, 11) is 0. The van der Waals surface area contributed by atoms with Crippen LogP contribution >= 0.6 is 0 Å². The van der Waals surface area contributed by atoms with Crippen LogP contribution in [-0.4, -0.2) is 47.7 Å². The van der Waals surface area contributed by atoms with Gasteiger partial charge in [-0.1, -0.05) is 33.1 Å². The van der Waals surface area contributed by atoms with E-state index in [0.717, 1.165) is 26.1 Å². The first-order chi connectivity index (χ1) is 9.56. The Morgan fingerprint density at radius 3 is 2.55 bits per heavy atom. The van der Waals surface area contributed by atoms with Gasteiger partial charge in [-0.05, 0) is 31.7 Å². The van der Waals surface area contributed by atoms with Crippen molar-refractivity contribution in [3.63, 3.8) is 0 Å². The maximum atomic E-state index is 11.4. The molecule has 1 saturated carbocycles. The standard InChI is InChI=1S/C16H30N2O2/c1-12(2)9-17-14-8-13(16(19)20)10-18(11-14)15-6-4-3-5-7-15/h12-15,17H,3-11H2,1-2H3,(H,19,20). The Morgan fingerprint density at radius 2 is 1.95 bits per heavy atom. The Balaban J connectivity index is 1.94. The second-order valence-corrected chi connectivity index (χ2v) is 7.02. The molecule has 0 bridgehead atoms. The van der Waals surface area contributed by atoms with Gasteiger partial charge in [-0.15, -0.1) is 0 Å². The summed E-state index contributed by atoms with van der Waals surface area (Å²) in [4.78, 5) is 13.9. The van der Waals surface area contributed by atoms with Crippen LogP contribution in [0.25, 0.3) is 0 Å². The molecule has 0 aromatic carbocycles. The minimum atomic E-state index is -0.623. The summed E-state index contributed by atoms with van der Waals surface area (Å²) in [5, 5.41) is 13.0. The summed E-state index contributed by atoms with van der Waals surface area (Å²) in [6, 6.07) is 0.962. The zero-order valence-electron chi connectivity index (χ0n) is 13.0. The van der Waals surface area contributed by atoms with Crippen LogP contribution in [0.3, 0.4) is 0 Å². The Hall–Kier alpha value is -0.610. The first-order valence-electron chi connectivity index (χ1n) is 8.26. The second-order valence-electron chi connectivity index (χ2n) is 7.02. The van der Waals surface area contributed by atoms with Gasteiger partial charge in [-0.2, -0.15) is 0 Å². The summed E-state index contributed by atoms with van der Waals surface area (Å²) < 4.78 is 0. The summed E-state index contributed by atoms with van der Waals surface area (Å²) in [6.45, 7) is 7.16. The molecule has 0 aromatic heterocycles. The first-order valence-corrected chi connectivity index (χ1v) is 8.26. The fourth-order valence-electron chi connectivity index (χ4n) is 3.61. The van der Waals surface area contributed by atoms with Gasteiger partial charge >= 0.3 is 5.97 Å². The molecule has 2 aliphatic rings. The normalized spacial score (nSPS) is 29.8. The summed E-state index contributed by atoms with van der Waals surface area (Å²) in [5.41, 5.74) is 0. The molecule has 1 aliphatic carbocycles. The van der Waals surface area contributed by atoms with Crippen LogP contribution in [0.4, 0.5) is 0 Å². The van der Waals surface area contributed by atoms with Crippen LogP contribution in [0.15, 0.2) is 0 Å². The lowest BCUT2D eigenvalue weighted by molar-refractivity contribution is -0.144. The molecule has 4 heteroatoms. The molecule has 1 saturated heterocycles. The van der Waals surface area contributed by atoms with Gasteiger partial charge in [0.1, 0.15) is 0 Å². The van der Waals surface area contributed by atoms with Crippen LogP contribution in [0, 0.1) is 11.8 Å². The van der Waals surface area contributed by atoms with Crippen LogP contribution in [0.2, 0.25) is 0 Å².